The van der Waals surface area contributed by atoms with Crippen molar-refractivity contribution in [1.29, 1.82) is 0 Å². The van der Waals surface area contributed by atoms with Gasteiger partial charge in [0.25, 0.3) is 5.88 Å². The number of aromatic nitrogens is 1. The standard InChI is InChI=1S/C13H8ClFN2O5/c1-21-13(18)7-4-10(17(19)20)12(16-6-7)22-11-3-2-8(15)5-9(11)14/h2-6H,1H3. The SMILES string of the molecule is COC(=O)c1cnc(Oc2ccc(F)cc2Cl)c([N+](=O)[O-])c1. The molecule has 0 aliphatic rings. The third kappa shape index (κ3) is 3.29. The number of benzene rings is 1. The number of halogens is 2. The molecule has 1 heterocycles. The summed E-state index contributed by atoms with van der Waals surface area (Å²) in [4.78, 5) is 25.4. The first-order chi connectivity index (χ1) is 10.4. The van der Waals surface area contributed by atoms with Gasteiger partial charge in [0.1, 0.15) is 11.6 Å². The Labute approximate surface area is 128 Å². The zero-order valence-corrected chi connectivity index (χ0v) is 11.8. The third-order valence-electron chi connectivity index (χ3n) is 2.55. The maximum atomic E-state index is 13.0. The van der Waals surface area contributed by atoms with Gasteiger partial charge in [0, 0.05) is 12.3 Å². The normalized spacial score (nSPS) is 10.1. The van der Waals surface area contributed by atoms with E-state index < -0.39 is 22.4 Å². The molecule has 2 rings (SSSR count). The molecule has 0 aliphatic heterocycles. The second-order valence-electron chi connectivity index (χ2n) is 3.97. The molecule has 0 saturated carbocycles. The van der Waals surface area contributed by atoms with E-state index in [-0.39, 0.29) is 22.2 Å². The van der Waals surface area contributed by atoms with Crippen molar-refractivity contribution in [1.82, 2.24) is 4.98 Å². The summed E-state index contributed by atoms with van der Waals surface area (Å²) in [6.45, 7) is 0. The van der Waals surface area contributed by atoms with Crippen LogP contribution in [0.2, 0.25) is 5.02 Å². The van der Waals surface area contributed by atoms with Crippen molar-refractivity contribution in [2.24, 2.45) is 0 Å². The summed E-state index contributed by atoms with van der Waals surface area (Å²) in [5.41, 5.74) is -0.657. The molecule has 0 aliphatic carbocycles. The molecule has 0 saturated heterocycles. The molecule has 0 N–H and O–H groups in total. The van der Waals surface area contributed by atoms with Gasteiger partial charge in [0.05, 0.1) is 22.6 Å². The van der Waals surface area contributed by atoms with Crippen LogP contribution in [0.25, 0.3) is 0 Å². The van der Waals surface area contributed by atoms with Crippen LogP contribution in [-0.4, -0.2) is 23.0 Å². The second-order valence-corrected chi connectivity index (χ2v) is 4.38. The van der Waals surface area contributed by atoms with Crippen molar-refractivity contribution in [2.45, 2.75) is 0 Å². The van der Waals surface area contributed by atoms with Gasteiger partial charge in [-0.1, -0.05) is 11.6 Å². The van der Waals surface area contributed by atoms with Crippen LogP contribution in [0.4, 0.5) is 10.1 Å². The van der Waals surface area contributed by atoms with Gasteiger partial charge in [-0.25, -0.2) is 14.2 Å². The Kier molecular flexibility index (Phi) is 4.52. The Morgan fingerprint density at radius 2 is 2.14 bits per heavy atom. The highest BCUT2D eigenvalue weighted by atomic mass is 35.5. The van der Waals surface area contributed by atoms with Crippen molar-refractivity contribution in [3.63, 3.8) is 0 Å². The van der Waals surface area contributed by atoms with Gasteiger partial charge >= 0.3 is 11.7 Å². The summed E-state index contributed by atoms with van der Waals surface area (Å²) in [5.74, 6) is -1.75. The van der Waals surface area contributed by atoms with E-state index in [0.717, 1.165) is 31.5 Å². The minimum atomic E-state index is -0.776. The van der Waals surface area contributed by atoms with Crippen molar-refractivity contribution in [3.05, 3.63) is 57.0 Å². The Morgan fingerprint density at radius 3 is 2.73 bits per heavy atom. The lowest BCUT2D eigenvalue weighted by molar-refractivity contribution is -0.386. The van der Waals surface area contributed by atoms with E-state index in [9.17, 15) is 19.3 Å². The van der Waals surface area contributed by atoms with Gasteiger partial charge in [-0.05, 0) is 18.2 Å². The molecular weight excluding hydrogens is 319 g/mol. The monoisotopic (exact) mass is 326 g/mol. The highest BCUT2D eigenvalue weighted by Gasteiger charge is 2.22. The number of nitrogens with zero attached hydrogens (tertiary/aromatic N) is 2. The summed E-state index contributed by atoms with van der Waals surface area (Å²) in [7, 11) is 1.14. The lowest BCUT2D eigenvalue weighted by Gasteiger charge is -2.07. The van der Waals surface area contributed by atoms with Gasteiger partial charge in [0.2, 0.25) is 0 Å². The molecule has 0 radical (unpaired) electrons. The number of carbonyl (C=O) groups excluding carboxylic acids is 1. The molecule has 0 atom stereocenters. The van der Waals surface area contributed by atoms with Crippen molar-refractivity contribution in [3.8, 4) is 11.6 Å². The van der Waals surface area contributed by atoms with Crippen LogP contribution in [0.15, 0.2) is 30.5 Å². The number of ether oxygens (including phenoxy) is 2. The highest BCUT2D eigenvalue weighted by Crippen LogP contribution is 2.34. The topological polar surface area (TPSA) is 91.6 Å². The minimum Gasteiger partial charge on any atom is -0.465 e. The Bertz CT molecular complexity index is 753. The lowest BCUT2D eigenvalue weighted by atomic mass is 10.2. The number of methoxy groups -OCH3 is 1. The lowest BCUT2D eigenvalue weighted by Crippen LogP contribution is -2.04. The number of pyridine rings is 1. The van der Waals surface area contributed by atoms with Crippen LogP contribution in [0.1, 0.15) is 10.4 Å². The van der Waals surface area contributed by atoms with E-state index in [1.54, 1.807) is 0 Å². The van der Waals surface area contributed by atoms with Crippen LogP contribution in [0.3, 0.4) is 0 Å². The largest absolute Gasteiger partial charge is 0.465 e. The van der Waals surface area contributed by atoms with E-state index in [4.69, 9.17) is 16.3 Å². The van der Waals surface area contributed by atoms with Crippen LogP contribution in [-0.2, 0) is 4.74 Å². The number of nitro groups is 1. The summed E-state index contributed by atoms with van der Waals surface area (Å²) >= 11 is 5.78. The number of carbonyl (C=O) groups is 1. The van der Waals surface area contributed by atoms with Crippen LogP contribution in [0, 0.1) is 15.9 Å². The molecule has 7 nitrogen and oxygen atoms in total. The molecule has 0 fully saturated rings. The van der Waals surface area contributed by atoms with Crippen molar-refractivity contribution < 1.29 is 23.6 Å². The summed E-state index contributed by atoms with van der Waals surface area (Å²) in [5, 5.41) is 11.0. The first kappa shape index (κ1) is 15.6. The van der Waals surface area contributed by atoms with Gasteiger partial charge in [-0.15, -0.1) is 0 Å². The molecule has 114 valence electrons. The van der Waals surface area contributed by atoms with E-state index in [2.05, 4.69) is 9.72 Å². The summed E-state index contributed by atoms with van der Waals surface area (Å²) in [6.07, 6.45) is 1.06. The molecule has 1 aromatic heterocycles. The highest BCUT2D eigenvalue weighted by molar-refractivity contribution is 6.32. The predicted octanol–water partition coefficient (Wildman–Crippen LogP) is 3.36. The number of hydrogen-bond acceptors (Lipinski definition) is 6. The molecule has 9 heteroatoms. The maximum absolute atomic E-state index is 13.0. The summed E-state index contributed by atoms with van der Waals surface area (Å²) < 4.78 is 22.6. The fraction of sp³-hybridized carbons (Fsp3) is 0.0769. The fourth-order valence-corrected chi connectivity index (χ4v) is 1.75. The van der Waals surface area contributed by atoms with Crippen LogP contribution >= 0.6 is 11.6 Å². The molecular formula is C13H8ClFN2O5. The Balaban J connectivity index is 2.42. The Hall–Kier alpha value is -2.74. The first-order valence-electron chi connectivity index (χ1n) is 5.78. The van der Waals surface area contributed by atoms with Gasteiger partial charge < -0.3 is 9.47 Å². The van der Waals surface area contributed by atoms with E-state index in [0.29, 0.717) is 0 Å². The third-order valence-corrected chi connectivity index (χ3v) is 2.85. The van der Waals surface area contributed by atoms with E-state index >= 15 is 0 Å². The van der Waals surface area contributed by atoms with Crippen LogP contribution < -0.4 is 4.74 Å². The molecule has 2 aromatic rings. The number of esters is 1. The molecule has 0 amide bonds. The van der Waals surface area contributed by atoms with Gasteiger partial charge in [-0.2, -0.15) is 0 Å². The zero-order valence-electron chi connectivity index (χ0n) is 11.1. The summed E-state index contributed by atoms with van der Waals surface area (Å²) in [6, 6.07) is 4.24. The quantitative estimate of drug-likeness (QED) is 0.486. The van der Waals surface area contributed by atoms with Crippen molar-refractivity contribution in [2.75, 3.05) is 7.11 Å². The molecule has 0 unspecified atom stereocenters. The Morgan fingerprint density at radius 1 is 1.41 bits per heavy atom. The van der Waals surface area contributed by atoms with Crippen molar-refractivity contribution >= 4 is 23.3 Å². The van der Waals surface area contributed by atoms with Crippen LogP contribution in [0.5, 0.6) is 11.6 Å². The predicted molar refractivity (Wildman–Crippen MR) is 73.7 cm³/mol. The molecule has 0 bridgehead atoms. The van der Waals surface area contributed by atoms with E-state index in [1.165, 1.54) is 6.07 Å². The van der Waals surface area contributed by atoms with Gasteiger partial charge in [0.15, 0.2) is 0 Å². The van der Waals surface area contributed by atoms with Gasteiger partial charge in [-0.3, -0.25) is 10.1 Å². The molecule has 0 spiro atoms. The maximum Gasteiger partial charge on any atom is 0.339 e. The average molecular weight is 327 g/mol. The molecule has 1 aromatic carbocycles. The second kappa shape index (κ2) is 6.35. The minimum absolute atomic E-state index is 0.00974. The average Bonchev–Trinajstić information content (AvgIpc) is 2.49. The number of hydrogen-bond donors (Lipinski definition) is 0. The zero-order chi connectivity index (χ0) is 16.3. The first-order valence-corrected chi connectivity index (χ1v) is 6.16. The van der Waals surface area contributed by atoms with E-state index in [1.807, 2.05) is 0 Å². The number of rotatable bonds is 4. The fourth-order valence-electron chi connectivity index (χ4n) is 1.54. The smallest absolute Gasteiger partial charge is 0.339 e. The molecule has 22 heavy (non-hydrogen) atoms.